The van der Waals surface area contributed by atoms with E-state index in [1.54, 1.807) is 0 Å². The van der Waals surface area contributed by atoms with E-state index in [0.29, 0.717) is 0 Å². The largest absolute Gasteiger partial charge is 0.573 e. The van der Waals surface area contributed by atoms with E-state index < -0.39 is 32.2 Å². The number of hydrogen-bond donors (Lipinski definition) is 2. The van der Waals surface area contributed by atoms with Crippen molar-refractivity contribution >= 4 is 25.7 Å². The second kappa shape index (κ2) is 7.26. The molecule has 28 heavy (non-hydrogen) atoms. The van der Waals surface area contributed by atoms with Crippen molar-refractivity contribution in [2.24, 2.45) is 0 Å². The maximum Gasteiger partial charge on any atom is 0.573 e. The first-order valence-electron chi connectivity index (χ1n) is 7.96. The van der Waals surface area contributed by atoms with Crippen LogP contribution in [0.1, 0.15) is 12.8 Å². The van der Waals surface area contributed by atoms with Crippen LogP contribution in [0.3, 0.4) is 0 Å². The number of alkyl halides is 3. The molecule has 0 heterocycles. The molecule has 0 saturated heterocycles. The zero-order chi connectivity index (χ0) is 20.6. The van der Waals surface area contributed by atoms with Gasteiger partial charge in [-0.1, -0.05) is 6.07 Å². The average molecular weight is 436 g/mol. The SMILES string of the molecule is O=S(=O)(Nc1cccc(S(=O)(=O)NC2CC2)c1)c1ccc(OC(F)(F)F)cc1. The lowest BCUT2D eigenvalue weighted by Gasteiger charge is -2.12. The lowest BCUT2D eigenvalue weighted by atomic mass is 10.3. The van der Waals surface area contributed by atoms with E-state index in [2.05, 4.69) is 14.2 Å². The van der Waals surface area contributed by atoms with Crippen molar-refractivity contribution in [3.8, 4) is 5.75 Å². The summed E-state index contributed by atoms with van der Waals surface area (Å²) in [5, 5.41) is 0. The van der Waals surface area contributed by atoms with E-state index in [-0.39, 0.29) is 21.5 Å². The first-order chi connectivity index (χ1) is 12.9. The highest BCUT2D eigenvalue weighted by atomic mass is 32.2. The Morgan fingerprint density at radius 1 is 0.893 bits per heavy atom. The van der Waals surface area contributed by atoms with E-state index in [4.69, 9.17) is 0 Å². The van der Waals surface area contributed by atoms with Gasteiger partial charge < -0.3 is 4.74 Å². The summed E-state index contributed by atoms with van der Waals surface area (Å²) in [6.07, 6.45) is -3.39. The Hall–Kier alpha value is -2.31. The Morgan fingerprint density at radius 3 is 2.11 bits per heavy atom. The predicted octanol–water partition coefficient (Wildman–Crippen LogP) is 2.83. The molecule has 2 aromatic carbocycles. The smallest absolute Gasteiger partial charge is 0.406 e. The Balaban J connectivity index is 1.78. The molecule has 0 atom stereocenters. The lowest BCUT2D eigenvalue weighted by Crippen LogP contribution is -2.25. The van der Waals surface area contributed by atoms with Crippen LogP contribution in [0.2, 0.25) is 0 Å². The number of benzene rings is 2. The summed E-state index contributed by atoms with van der Waals surface area (Å²) in [5.41, 5.74) is -0.00529. The Morgan fingerprint density at radius 2 is 1.54 bits per heavy atom. The van der Waals surface area contributed by atoms with Gasteiger partial charge in [0.25, 0.3) is 10.0 Å². The maximum atomic E-state index is 12.4. The second-order valence-electron chi connectivity index (χ2n) is 6.05. The van der Waals surface area contributed by atoms with Crippen molar-refractivity contribution in [2.75, 3.05) is 4.72 Å². The molecule has 0 radical (unpaired) electrons. The molecule has 1 aliphatic rings. The molecule has 152 valence electrons. The van der Waals surface area contributed by atoms with Gasteiger partial charge in [0.15, 0.2) is 0 Å². The van der Waals surface area contributed by atoms with Crippen molar-refractivity contribution in [1.29, 1.82) is 0 Å². The summed E-state index contributed by atoms with van der Waals surface area (Å²) in [7, 11) is -7.92. The minimum atomic E-state index is -4.89. The van der Waals surface area contributed by atoms with Gasteiger partial charge in [0, 0.05) is 6.04 Å². The number of ether oxygens (including phenoxy) is 1. The number of nitrogens with one attached hydrogen (secondary N) is 2. The third-order valence-electron chi connectivity index (χ3n) is 3.66. The molecule has 2 N–H and O–H groups in total. The molecular formula is C16H15F3N2O5S2. The van der Waals surface area contributed by atoms with Crippen LogP contribution in [-0.2, 0) is 20.0 Å². The van der Waals surface area contributed by atoms with Crippen molar-refractivity contribution in [3.05, 3.63) is 48.5 Å². The van der Waals surface area contributed by atoms with Gasteiger partial charge in [-0.05, 0) is 55.3 Å². The fourth-order valence-electron chi connectivity index (χ4n) is 2.25. The van der Waals surface area contributed by atoms with Crippen molar-refractivity contribution < 1.29 is 34.7 Å². The van der Waals surface area contributed by atoms with E-state index >= 15 is 0 Å². The minimum absolute atomic E-state index is 0.00529. The molecule has 1 saturated carbocycles. The average Bonchev–Trinajstić information content (AvgIpc) is 3.37. The van der Waals surface area contributed by atoms with Crippen LogP contribution >= 0.6 is 0 Å². The molecule has 0 spiro atoms. The Bertz CT molecular complexity index is 1060. The number of halogens is 3. The summed E-state index contributed by atoms with van der Waals surface area (Å²) in [4.78, 5) is -0.417. The van der Waals surface area contributed by atoms with Crippen LogP contribution in [-0.4, -0.2) is 29.2 Å². The number of sulfonamides is 2. The van der Waals surface area contributed by atoms with Gasteiger partial charge in [0.1, 0.15) is 5.75 Å². The molecule has 0 aromatic heterocycles. The normalized spacial score (nSPS) is 15.2. The zero-order valence-corrected chi connectivity index (χ0v) is 15.7. The van der Waals surface area contributed by atoms with Crippen LogP contribution in [0.25, 0.3) is 0 Å². The van der Waals surface area contributed by atoms with Gasteiger partial charge in [0.05, 0.1) is 15.5 Å². The molecule has 2 aromatic rings. The monoisotopic (exact) mass is 436 g/mol. The molecule has 1 aliphatic carbocycles. The summed E-state index contributed by atoms with van der Waals surface area (Å²) in [6, 6.07) is 8.72. The highest BCUT2D eigenvalue weighted by Gasteiger charge is 2.31. The van der Waals surface area contributed by atoms with E-state index in [1.165, 1.54) is 18.2 Å². The van der Waals surface area contributed by atoms with Crippen LogP contribution in [0.5, 0.6) is 5.75 Å². The van der Waals surface area contributed by atoms with Crippen LogP contribution < -0.4 is 14.2 Å². The highest BCUT2D eigenvalue weighted by molar-refractivity contribution is 7.92. The Labute approximate surface area is 159 Å². The molecule has 7 nitrogen and oxygen atoms in total. The second-order valence-corrected chi connectivity index (χ2v) is 9.44. The summed E-state index contributed by atoms with van der Waals surface area (Å²) in [5.74, 6) is -0.564. The Kier molecular flexibility index (Phi) is 5.30. The van der Waals surface area contributed by atoms with E-state index in [1.807, 2.05) is 0 Å². The number of anilines is 1. The third kappa shape index (κ3) is 5.36. The van der Waals surface area contributed by atoms with Crippen LogP contribution in [0.4, 0.5) is 18.9 Å². The minimum Gasteiger partial charge on any atom is -0.406 e. The van der Waals surface area contributed by atoms with Gasteiger partial charge in [0.2, 0.25) is 10.0 Å². The number of rotatable bonds is 7. The van der Waals surface area contributed by atoms with Crippen molar-refractivity contribution in [1.82, 2.24) is 4.72 Å². The summed E-state index contributed by atoms with van der Waals surface area (Å²) < 4.78 is 94.2. The molecule has 0 aliphatic heterocycles. The van der Waals surface area contributed by atoms with Gasteiger partial charge in [-0.2, -0.15) is 0 Å². The fourth-order valence-corrected chi connectivity index (χ4v) is 4.65. The van der Waals surface area contributed by atoms with Gasteiger partial charge >= 0.3 is 6.36 Å². The summed E-state index contributed by atoms with van der Waals surface area (Å²) >= 11 is 0. The zero-order valence-electron chi connectivity index (χ0n) is 14.1. The van der Waals surface area contributed by atoms with E-state index in [9.17, 15) is 30.0 Å². The fraction of sp³-hybridized carbons (Fsp3) is 0.250. The maximum absolute atomic E-state index is 12.4. The third-order valence-corrected chi connectivity index (χ3v) is 6.58. The van der Waals surface area contributed by atoms with E-state index in [0.717, 1.165) is 43.2 Å². The standard InChI is InChI=1S/C16H15F3N2O5S2/c17-16(18,19)26-13-6-8-14(9-7-13)27(22,23)21-12-2-1-3-15(10-12)28(24,25)20-11-4-5-11/h1-3,6-11,20-21H,4-5H2. The molecular weight excluding hydrogens is 421 g/mol. The first kappa shape index (κ1) is 20.4. The predicted molar refractivity (Wildman–Crippen MR) is 93.7 cm³/mol. The van der Waals surface area contributed by atoms with Crippen LogP contribution in [0.15, 0.2) is 58.3 Å². The van der Waals surface area contributed by atoms with Gasteiger partial charge in [-0.25, -0.2) is 21.6 Å². The number of hydrogen-bond acceptors (Lipinski definition) is 5. The van der Waals surface area contributed by atoms with Crippen LogP contribution in [0, 0.1) is 0 Å². The van der Waals surface area contributed by atoms with Gasteiger partial charge in [-0.15, -0.1) is 13.2 Å². The molecule has 1 fully saturated rings. The molecule has 3 rings (SSSR count). The quantitative estimate of drug-likeness (QED) is 0.695. The first-order valence-corrected chi connectivity index (χ1v) is 10.9. The lowest BCUT2D eigenvalue weighted by molar-refractivity contribution is -0.274. The highest BCUT2D eigenvalue weighted by Crippen LogP contribution is 2.26. The topological polar surface area (TPSA) is 102 Å². The molecule has 0 bridgehead atoms. The molecule has 0 unspecified atom stereocenters. The van der Waals surface area contributed by atoms with Crippen molar-refractivity contribution in [2.45, 2.75) is 35.0 Å². The molecule has 0 amide bonds. The van der Waals surface area contributed by atoms with Crippen molar-refractivity contribution in [3.63, 3.8) is 0 Å². The molecule has 12 heteroatoms. The summed E-state index contributed by atoms with van der Waals surface area (Å²) in [6.45, 7) is 0. The van der Waals surface area contributed by atoms with Gasteiger partial charge in [-0.3, -0.25) is 4.72 Å².